The van der Waals surface area contributed by atoms with Gasteiger partial charge in [-0.1, -0.05) is 22.0 Å². The molecule has 0 heterocycles. The monoisotopic (exact) mass is 350 g/mol. The van der Waals surface area contributed by atoms with Crippen molar-refractivity contribution in [2.24, 2.45) is 0 Å². The molecule has 90 valence electrons. The van der Waals surface area contributed by atoms with Crippen molar-refractivity contribution in [2.45, 2.75) is 17.7 Å². The van der Waals surface area contributed by atoms with Crippen LogP contribution in [0.5, 0.6) is 5.75 Å². The van der Waals surface area contributed by atoms with E-state index in [1.807, 2.05) is 6.07 Å². The fraction of sp³-hybridized carbons (Fsp3) is 0.500. The molecule has 2 nitrogen and oxygen atoms in total. The van der Waals surface area contributed by atoms with Crippen molar-refractivity contribution in [3.8, 4) is 5.75 Å². The van der Waals surface area contributed by atoms with Gasteiger partial charge in [0.05, 0.1) is 18.2 Å². The van der Waals surface area contributed by atoms with Gasteiger partial charge in [0.15, 0.2) is 0 Å². The zero-order valence-electron chi connectivity index (χ0n) is 9.50. The molecule has 0 saturated heterocycles. The van der Waals surface area contributed by atoms with Gasteiger partial charge in [0.2, 0.25) is 0 Å². The molecule has 1 atom stereocenters. The van der Waals surface area contributed by atoms with Gasteiger partial charge in [-0.15, -0.1) is 0 Å². The molecule has 0 amide bonds. The summed E-state index contributed by atoms with van der Waals surface area (Å²) in [6.45, 7) is 0.747. The van der Waals surface area contributed by atoms with Gasteiger partial charge in [-0.05, 0) is 46.5 Å². The maximum Gasteiger partial charge on any atom is 0.133 e. The number of halogens is 2. The summed E-state index contributed by atoms with van der Waals surface area (Å²) >= 11 is 7.06. The third-order valence-electron chi connectivity index (χ3n) is 2.31. The molecule has 0 aliphatic carbocycles. The molecule has 0 saturated carbocycles. The standard InChI is InChI=1S/C12H16Br2O2/c1-15-8-10(13)5-3-9-4-6-12(16-2)11(14)7-9/h4,6-7,10H,3,5,8H2,1-2H3. The molecule has 1 rings (SSSR count). The smallest absolute Gasteiger partial charge is 0.133 e. The van der Waals surface area contributed by atoms with Crippen LogP contribution in [0.2, 0.25) is 0 Å². The van der Waals surface area contributed by atoms with E-state index in [0.29, 0.717) is 4.83 Å². The number of hydrogen-bond donors (Lipinski definition) is 0. The zero-order chi connectivity index (χ0) is 12.0. The fourth-order valence-corrected chi connectivity index (χ4v) is 2.53. The number of aryl methyl sites for hydroxylation is 1. The second kappa shape index (κ2) is 7.30. The van der Waals surface area contributed by atoms with Crippen LogP contribution in [-0.2, 0) is 11.2 Å². The van der Waals surface area contributed by atoms with Crippen LogP contribution < -0.4 is 4.74 Å². The van der Waals surface area contributed by atoms with Gasteiger partial charge in [-0.25, -0.2) is 0 Å². The predicted molar refractivity (Wildman–Crippen MR) is 73.6 cm³/mol. The molecule has 16 heavy (non-hydrogen) atoms. The molecule has 0 spiro atoms. The number of benzene rings is 1. The van der Waals surface area contributed by atoms with Crippen molar-refractivity contribution in [1.82, 2.24) is 0 Å². The maximum absolute atomic E-state index is 5.19. The maximum atomic E-state index is 5.19. The summed E-state index contributed by atoms with van der Waals surface area (Å²) in [7, 11) is 3.39. The third-order valence-corrected chi connectivity index (χ3v) is 3.65. The van der Waals surface area contributed by atoms with Crippen molar-refractivity contribution < 1.29 is 9.47 Å². The SMILES string of the molecule is COCC(Br)CCc1ccc(OC)c(Br)c1. The summed E-state index contributed by atoms with van der Waals surface area (Å²) in [4.78, 5) is 0.415. The summed E-state index contributed by atoms with van der Waals surface area (Å²) in [5.41, 5.74) is 1.30. The quantitative estimate of drug-likeness (QED) is 0.726. The molecule has 0 N–H and O–H groups in total. The Hall–Kier alpha value is -0.0600. The summed E-state index contributed by atoms with van der Waals surface area (Å²) in [5.74, 6) is 0.871. The Bertz CT molecular complexity index is 329. The molecule has 0 bridgehead atoms. The lowest BCUT2D eigenvalue weighted by Gasteiger charge is -2.09. The minimum Gasteiger partial charge on any atom is -0.496 e. The second-order valence-electron chi connectivity index (χ2n) is 3.56. The summed E-state index contributed by atoms with van der Waals surface area (Å²) in [6.07, 6.45) is 2.09. The lowest BCUT2D eigenvalue weighted by atomic mass is 10.1. The van der Waals surface area contributed by atoms with Gasteiger partial charge in [-0.3, -0.25) is 0 Å². The molecule has 0 fully saturated rings. The van der Waals surface area contributed by atoms with Crippen LogP contribution in [-0.4, -0.2) is 25.7 Å². The Balaban J connectivity index is 2.51. The Kier molecular flexibility index (Phi) is 6.39. The van der Waals surface area contributed by atoms with Gasteiger partial charge in [0.1, 0.15) is 5.75 Å². The lowest BCUT2D eigenvalue weighted by Crippen LogP contribution is -2.07. The number of rotatable bonds is 6. The normalized spacial score (nSPS) is 12.5. The van der Waals surface area contributed by atoms with E-state index in [1.54, 1.807) is 14.2 Å². The van der Waals surface area contributed by atoms with E-state index in [4.69, 9.17) is 9.47 Å². The highest BCUT2D eigenvalue weighted by molar-refractivity contribution is 9.10. The summed E-state index contributed by atoms with van der Waals surface area (Å²) < 4.78 is 11.3. The van der Waals surface area contributed by atoms with Crippen LogP contribution in [0.15, 0.2) is 22.7 Å². The number of ether oxygens (including phenoxy) is 2. The van der Waals surface area contributed by atoms with E-state index in [0.717, 1.165) is 29.7 Å². The Morgan fingerprint density at radius 3 is 2.62 bits per heavy atom. The minimum absolute atomic E-state index is 0.415. The molecule has 4 heteroatoms. The molecule has 0 aliphatic rings. The van der Waals surface area contributed by atoms with Crippen molar-refractivity contribution >= 4 is 31.9 Å². The zero-order valence-corrected chi connectivity index (χ0v) is 12.7. The first-order valence-corrected chi connectivity index (χ1v) is 6.83. The first kappa shape index (κ1) is 14.0. The molecule has 1 unspecified atom stereocenters. The molecular formula is C12H16Br2O2. The van der Waals surface area contributed by atoms with Crippen LogP contribution in [0.1, 0.15) is 12.0 Å². The van der Waals surface area contributed by atoms with Gasteiger partial charge in [-0.2, -0.15) is 0 Å². The Morgan fingerprint density at radius 2 is 2.06 bits per heavy atom. The molecule has 1 aromatic carbocycles. The highest BCUT2D eigenvalue weighted by Crippen LogP contribution is 2.26. The molecular weight excluding hydrogens is 336 g/mol. The molecule has 1 aromatic rings. The van der Waals surface area contributed by atoms with Gasteiger partial charge in [0, 0.05) is 11.9 Å². The summed E-state index contributed by atoms with van der Waals surface area (Å²) in [6, 6.07) is 6.18. The fourth-order valence-electron chi connectivity index (χ4n) is 1.45. The van der Waals surface area contributed by atoms with Crippen molar-refractivity contribution in [3.05, 3.63) is 28.2 Å². The van der Waals surface area contributed by atoms with Gasteiger partial charge >= 0.3 is 0 Å². The Morgan fingerprint density at radius 1 is 1.31 bits per heavy atom. The second-order valence-corrected chi connectivity index (χ2v) is 5.71. The van der Waals surface area contributed by atoms with Crippen LogP contribution >= 0.6 is 31.9 Å². The van der Waals surface area contributed by atoms with Crippen molar-refractivity contribution in [3.63, 3.8) is 0 Å². The largest absolute Gasteiger partial charge is 0.496 e. The van der Waals surface area contributed by atoms with Crippen LogP contribution in [0.3, 0.4) is 0 Å². The van der Waals surface area contributed by atoms with Crippen molar-refractivity contribution in [1.29, 1.82) is 0 Å². The van der Waals surface area contributed by atoms with E-state index in [-0.39, 0.29) is 0 Å². The number of methoxy groups -OCH3 is 2. The molecule has 0 aromatic heterocycles. The van der Waals surface area contributed by atoms with E-state index in [1.165, 1.54) is 5.56 Å². The van der Waals surface area contributed by atoms with Crippen molar-refractivity contribution in [2.75, 3.05) is 20.8 Å². The van der Waals surface area contributed by atoms with Crippen LogP contribution in [0, 0.1) is 0 Å². The average Bonchev–Trinajstić information content (AvgIpc) is 2.27. The predicted octanol–water partition coefficient (Wildman–Crippen LogP) is 3.80. The van der Waals surface area contributed by atoms with E-state index in [2.05, 4.69) is 44.0 Å². The lowest BCUT2D eigenvalue weighted by molar-refractivity contribution is 0.198. The minimum atomic E-state index is 0.415. The number of hydrogen-bond acceptors (Lipinski definition) is 2. The third kappa shape index (κ3) is 4.44. The molecule has 0 aliphatic heterocycles. The Labute approximate surface area is 114 Å². The average molecular weight is 352 g/mol. The van der Waals surface area contributed by atoms with Gasteiger partial charge < -0.3 is 9.47 Å². The first-order chi connectivity index (χ1) is 7.67. The highest BCUT2D eigenvalue weighted by atomic mass is 79.9. The van der Waals surface area contributed by atoms with Crippen LogP contribution in [0.4, 0.5) is 0 Å². The van der Waals surface area contributed by atoms with E-state index in [9.17, 15) is 0 Å². The van der Waals surface area contributed by atoms with Gasteiger partial charge in [0.25, 0.3) is 0 Å². The molecule has 0 radical (unpaired) electrons. The van der Waals surface area contributed by atoms with E-state index >= 15 is 0 Å². The number of alkyl halides is 1. The van der Waals surface area contributed by atoms with E-state index < -0.39 is 0 Å². The first-order valence-electron chi connectivity index (χ1n) is 5.12. The topological polar surface area (TPSA) is 18.5 Å². The highest BCUT2D eigenvalue weighted by Gasteiger charge is 2.05. The summed E-state index contributed by atoms with van der Waals surface area (Å²) in [5, 5.41) is 0. The van der Waals surface area contributed by atoms with Crippen LogP contribution in [0.25, 0.3) is 0 Å².